The van der Waals surface area contributed by atoms with E-state index in [1.807, 2.05) is 6.92 Å². The number of hydrogen-bond donors (Lipinski definition) is 0. The van der Waals surface area contributed by atoms with Crippen LogP contribution in [0.2, 0.25) is 0 Å². The summed E-state index contributed by atoms with van der Waals surface area (Å²) in [4.78, 5) is 10.2. The fourth-order valence-corrected chi connectivity index (χ4v) is 5.42. The Hall–Kier alpha value is -2.14. The van der Waals surface area contributed by atoms with E-state index in [1.165, 1.54) is 23.9 Å². The number of halogens is 6. The van der Waals surface area contributed by atoms with Crippen LogP contribution in [0.15, 0.2) is 41.4 Å². The maximum absolute atomic E-state index is 13.2. The van der Waals surface area contributed by atoms with E-state index in [0.717, 1.165) is 50.1 Å². The average molecular weight is 521 g/mol. The van der Waals surface area contributed by atoms with Gasteiger partial charge in [0, 0.05) is 42.1 Å². The molecule has 2 aromatic rings. The quantitative estimate of drug-likeness (QED) is 0.281. The molecule has 4 nitrogen and oxygen atoms in total. The molecule has 0 spiro atoms. The van der Waals surface area contributed by atoms with Gasteiger partial charge in [-0.3, -0.25) is 0 Å². The number of aromatic nitrogens is 1. The second kappa shape index (κ2) is 10.5. The summed E-state index contributed by atoms with van der Waals surface area (Å²) in [7, 11) is 0. The van der Waals surface area contributed by atoms with Crippen LogP contribution in [0.3, 0.4) is 0 Å². The molecule has 0 amide bonds. The van der Waals surface area contributed by atoms with Gasteiger partial charge in [-0.2, -0.15) is 26.3 Å². The molecular formula is C24H26F6N2O2S. The van der Waals surface area contributed by atoms with Gasteiger partial charge in [0.25, 0.3) is 0 Å². The minimum absolute atomic E-state index is 0.0298. The third-order valence-electron chi connectivity index (χ3n) is 6.15. The van der Waals surface area contributed by atoms with Crippen LogP contribution in [-0.4, -0.2) is 34.0 Å². The Morgan fingerprint density at radius 3 is 2.20 bits per heavy atom. The van der Waals surface area contributed by atoms with Gasteiger partial charge in [-0.25, -0.2) is 4.98 Å². The molecule has 2 aliphatic rings. The van der Waals surface area contributed by atoms with Gasteiger partial charge in [-0.1, -0.05) is 13.3 Å². The van der Waals surface area contributed by atoms with Crippen LogP contribution in [-0.2, 0) is 12.4 Å². The Labute approximate surface area is 203 Å². The van der Waals surface area contributed by atoms with Crippen molar-refractivity contribution in [3.05, 3.63) is 47.7 Å². The summed E-state index contributed by atoms with van der Waals surface area (Å²) in [6, 6.07) is 5.67. The van der Waals surface area contributed by atoms with Crippen molar-refractivity contribution in [3.63, 3.8) is 0 Å². The van der Waals surface area contributed by atoms with E-state index in [4.69, 9.17) is 9.57 Å². The molecule has 1 aromatic carbocycles. The van der Waals surface area contributed by atoms with Crippen LogP contribution >= 0.6 is 11.8 Å². The lowest BCUT2D eigenvalue weighted by molar-refractivity contribution is -0.185. The molecule has 2 aliphatic heterocycles. The maximum Gasteiger partial charge on any atom is 0.417 e. The van der Waals surface area contributed by atoms with Gasteiger partial charge in [0.2, 0.25) is 5.88 Å². The molecule has 192 valence electrons. The Morgan fingerprint density at radius 2 is 1.63 bits per heavy atom. The highest BCUT2D eigenvalue weighted by molar-refractivity contribution is 7.99. The number of fused-ring (bicyclic) bond motifs is 2. The van der Waals surface area contributed by atoms with E-state index in [1.54, 1.807) is 5.06 Å². The second-order valence-electron chi connectivity index (χ2n) is 8.79. The smallest absolute Gasteiger partial charge is 0.417 e. The Kier molecular flexibility index (Phi) is 7.75. The van der Waals surface area contributed by atoms with Gasteiger partial charge in [0.1, 0.15) is 11.9 Å². The number of alkyl halides is 6. The molecule has 0 saturated carbocycles. The molecule has 0 radical (unpaired) electrons. The van der Waals surface area contributed by atoms with Crippen LogP contribution in [0, 0.1) is 0 Å². The van der Waals surface area contributed by atoms with Crippen LogP contribution in [0.25, 0.3) is 0 Å². The van der Waals surface area contributed by atoms with E-state index in [2.05, 4.69) is 4.98 Å². The fraction of sp³-hybridized carbons (Fsp3) is 0.542. The monoisotopic (exact) mass is 520 g/mol. The van der Waals surface area contributed by atoms with Crippen LogP contribution in [0.4, 0.5) is 26.3 Å². The zero-order chi connectivity index (χ0) is 25.2. The summed E-state index contributed by atoms with van der Waals surface area (Å²) < 4.78 is 84.3. The number of piperidine rings is 2. The van der Waals surface area contributed by atoms with E-state index in [9.17, 15) is 26.3 Å². The second-order valence-corrected chi connectivity index (χ2v) is 9.93. The molecule has 11 heteroatoms. The summed E-state index contributed by atoms with van der Waals surface area (Å²) in [5.41, 5.74) is -1.54. The van der Waals surface area contributed by atoms with Crippen molar-refractivity contribution in [2.75, 3.05) is 5.75 Å². The number of hydrogen-bond acceptors (Lipinski definition) is 5. The predicted molar refractivity (Wildman–Crippen MR) is 119 cm³/mol. The first-order chi connectivity index (χ1) is 16.5. The lowest BCUT2D eigenvalue weighted by atomic mass is 9.84. The summed E-state index contributed by atoms with van der Waals surface area (Å²) >= 11 is 1.34. The van der Waals surface area contributed by atoms with E-state index in [0.29, 0.717) is 29.2 Å². The highest BCUT2D eigenvalue weighted by atomic mass is 32.2. The lowest BCUT2D eigenvalue weighted by Crippen LogP contribution is -2.55. The van der Waals surface area contributed by atoms with Crippen molar-refractivity contribution in [2.24, 2.45) is 0 Å². The Bertz CT molecular complexity index is 985. The van der Waals surface area contributed by atoms with Crippen molar-refractivity contribution in [1.29, 1.82) is 0 Å². The number of pyridine rings is 1. The molecule has 2 atom stereocenters. The largest absolute Gasteiger partial charge is 0.489 e. The predicted octanol–water partition coefficient (Wildman–Crippen LogP) is 7.38. The highest BCUT2D eigenvalue weighted by Gasteiger charge is 2.42. The number of thioether (sulfide) groups is 1. The molecule has 2 fully saturated rings. The molecule has 35 heavy (non-hydrogen) atoms. The van der Waals surface area contributed by atoms with Crippen LogP contribution < -0.4 is 9.57 Å². The molecule has 0 N–H and O–H groups in total. The first kappa shape index (κ1) is 25.9. The molecule has 3 heterocycles. The molecule has 2 saturated heterocycles. The fourth-order valence-electron chi connectivity index (χ4n) is 4.53. The molecule has 2 bridgehead atoms. The maximum atomic E-state index is 13.2. The van der Waals surface area contributed by atoms with Crippen molar-refractivity contribution in [1.82, 2.24) is 10.0 Å². The number of ether oxygens (including phenoxy) is 1. The number of rotatable bonds is 7. The van der Waals surface area contributed by atoms with E-state index >= 15 is 0 Å². The van der Waals surface area contributed by atoms with Gasteiger partial charge in [0.15, 0.2) is 0 Å². The standard InChI is InChI=1S/C24H26F6N2O2S/c1-2-10-35-21-11-15(23(25,26)27)6-8-20(21)33-19-12-17-4-3-5-18(13-19)32(17)34-22-9-7-16(14-31-22)24(28,29)30/h6-9,11,14,17-19H,2-5,10,12-13H2,1H3/t17-,18-/m1/s1. The van der Waals surface area contributed by atoms with Gasteiger partial charge in [-0.15, -0.1) is 16.8 Å². The topological polar surface area (TPSA) is 34.6 Å². The highest BCUT2D eigenvalue weighted by Crippen LogP contribution is 2.41. The lowest BCUT2D eigenvalue weighted by Gasteiger charge is -2.46. The number of benzene rings is 1. The summed E-state index contributed by atoms with van der Waals surface area (Å²) in [6.45, 7) is 1.96. The first-order valence-corrected chi connectivity index (χ1v) is 12.5. The molecule has 1 aromatic heterocycles. The Balaban J connectivity index is 1.45. The van der Waals surface area contributed by atoms with Gasteiger partial charge < -0.3 is 9.57 Å². The van der Waals surface area contributed by atoms with E-state index in [-0.39, 0.29) is 24.1 Å². The molecular weight excluding hydrogens is 494 g/mol. The molecule has 0 unspecified atom stereocenters. The van der Waals surface area contributed by atoms with Crippen molar-refractivity contribution in [3.8, 4) is 11.6 Å². The zero-order valence-corrected chi connectivity index (χ0v) is 19.8. The summed E-state index contributed by atoms with van der Waals surface area (Å²) in [6.07, 6.45) is -3.71. The SMILES string of the molecule is CCCSc1cc(C(F)(F)F)ccc1OC1C[C@H]2CCC[C@H](C1)N2Oc1ccc(C(F)(F)F)cn1. The molecule has 4 rings (SSSR count). The van der Waals surface area contributed by atoms with Crippen LogP contribution in [0.1, 0.15) is 56.6 Å². The van der Waals surface area contributed by atoms with Crippen molar-refractivity contribution in [2.45, 2.75) is 80.9 Å². The number of hydroxylamine groups is 2. The van der Waals surface area contributed by atoms with Gasteiger partial charge in [-0.05, 0) is 49.3 Å². The van der Waals surface area contributed by atoms with Gasteiger partial charge >= 0.3 is 12.4 Å². The third-order valence-corrected chi connectivity index (χ3v) is 7.40. The normalized spacial score (nSPS) is 23.2. The third kappa shape index (κ3) is 6.35. The first-order valence-electron chi connectivity index (χ1n) is 11.5. The minimum Gasteiger partial charge on any atom is -0.489 e. The number of nitrogens with zero attached hydrogens (tertiary/aromatic N) is 2. The Morgan fingerprint density at radius 1 is 0.971 bits per heavy atom. The van der Waals surface area contributed by atoms with Crippen molar-refractivity contribution < 1.29 is 35.9 Å². The summed E-state index contributed by atoms with van der Waals surface area (Å²) in [5.74, 6) is 1.21. The van der Waals surface area contributed by atoms with Crippen molar-refractivity contribution >= 4 is 11.8 Å². The average Bonchev–Trinajstić information content (AvgIpc) is 2.78. The molecule has 0 aliphatic carbocycles. The van der Waals surface area contributed by atoms with E-state index < -0.39 is 23.5 Å². The zero-order valence-electron chi connectivity index (χ0n) is 19.0. The van der Waals surface area contributed by atoms with Gasteiger partial charge in [0.05, 0.1) is 11.1 Å². The minimum atomic E-state index is -4.47. The summed E-state index contributed by atoms with van der Waals surface area (Å²) in [5, 5.41) is 1.80. The van der Waals surface area contributed by atoms with Crippen LogP contribution in [0.5, 0.6) is 11.6 Å².